The van der Waals surface area contributed by atoms with Crippen LogP contribution in [0.3, 0.4) is 0 Å². The van der Waals surface area contributed by atoms with E-state index in [9.17, 15) is 4.79 Å². The third-order valence-corrected chi connectivity index (χ3v) is 4.30. The molecule has 115 valence electrons. The normalized spacial score (nSPS) is 28.0. The van der Waals surface area contributed by atoms with Crippen molar-refractivity contribution in [2.24, 2.45) is 5.92 Å². The second-order valence-corrected chi connectivity index (χ2v) is 5.71. The second kappa shape index (κ2) is 9.40. The van der Waals surface area contributed by atoms with Crippen molar-refractivity contribution in [3.8, 4) is 0 Å². The zero-order valence-electron chi connectivity index (χ0n) is 13.7. The first-order chi connectivity index (χ1) is 9.66. The summed E-state index contributed by atoms with van der Waals surface area (Å²) in [4.78, 5) is 16.1. The molecule has 1 N–H and O–H groups in total. The smallest absolute Gasteiger partial charge is 0.216 e. The molecule has 1 amide bonds. The van der Waals surface area contributed by atoms with E-state index in [1.807, 2.05) is 13.8 Å². The van der Waals surface area contributed by atoms with Gasteiger partial charge < -0.3 is 10.2 Å². The fourth-order valence-corrected chi connectivity index (χ4v) is 3.14. The van der Waals surface area contributed by atoms with Gasteiger partial charge in [-0.05, 0) is 19.4 Å². The maximum atomic E-state index is 11.1. The van der Waals surface area contributed by atoms with Crippen LogP contribution in [0.1, 0.15) is 27.2 Å². The van der Waals surface area contributed by atoms with Gasteiger partial charge in [-0.3, -0.25) is 9.69 Å². The number of amides is 1. The van der Waals surface area contributed by atoms with Crippen LogP contribution in [0.4, 0.5) is 0 Å². The fraction of sp³-hybridized carbons (Fsp3) is 0.933. The molecule has 0 aromatic carbocycles. The molecule has 0 bridgehead atoms. The number of nitrogens with one attached hydrogen (secondary N) is 1. The van der Waals surface area contributed by atoms with Gasteiger partial charge in [0.15, 0.2) is 0 Å². The molecule has 1 radical (unpaired) electrons. The minimum atomic E-state index is 0.0951. The summed E-state index contributed by atoms with van der Waals surface area (Å²) >= 11 is 0. The van der Waals surface area contributed by atoms with E-state index >= 15 is 0 Å². The number of hydrogen-bond acceptors (Lipinski definition) is 3. The minimum absolute atomic E-state index is 0.0951. The Labute approximate surface area is 125 Å². The van der Waals surface area contributed by atoms with E-state index in [1.165, 1.54) is 38.9 Å². The Kier molecular flexibility index (Phi) is 8.23. The van der Waals surface area contributed by atoms with Crippen LogP contribution in [0.2, 0.25) is 12.6 Å². The number of hydrogen-bond donors (Lipinski definition) is 1. The van der Waals surface area contributed by atoms with Crippen molar-refractivity contribution >= 4 is 13.2 Å². The average molecular weight is 280 g/mol. The van der Waals surface area contributed by atoms with Crippen molar-refractivity contribution in [1.82, 2.24) is 15.1 Å². The molecule has 2 aliphatic heterocycles. The summed E-state index contributed by atoms with van der Waals surface area (Å²) in [5.74, 6) is 0.698. The van der Waals surface area contributed by atoms with E-state index in [1.54, 1.807) is 6.92 Å². The fourth-order valence-electron chi connectivity index (χ4n) is 3.14. The molecular weight excluding hydrogens is 249 g/mol. The quantitative estimate of drug-likeness (QED) is 0.792. The number of piperazine rings is 1. The van der Waals surface area contributed by atoms with Crippen LogP contribution < -0.4 is 5.32 Å². The predicted octanol–water partition coefficient (Wildman–Crippen LogP) is 1.33. The van der Waals surface area contributed by atoms with E-state index in [0.717, 1.165) is 12.9 Å². The van der Waals surface area contributed by atoms with E-state index in [4.69, 9.17) is 0 Å². The number of carbonyl (C=O) groups is 1. The lowest BCUT2D eigenvalue weighted by Crippen LogP contribution is -2.54. The van der Waals surface area contributed by atoms with E-state index < -0.39 is 0 Å². The SMILES string of the molecule is CC.CC(=O)NCC1C[B]CCC1N1CCN(C)CC1. The van der Waals surface area contributed by atoms with E-state index in [2.05, 4.69) is 29.4 Å². The van der Waals surface area contributed by atoms with Crippen molar-refractivity contribution < 1.29 is 4.79 Å². The second-order valence-electron chi connectivity index (χ2n) is 5.71. The van der Waals surface area contributed by atoms with Crippen LogP contribution in [-0.2, 0) is 4.79 Å². The first kappa shape index (κ1) is 17.5. The predicted molar refractivity (Wildman–Crippen MR) is 86.4 cm³/mol. The lowest BCUT2D eigenvalue weighted by molar-refractivity contribution is -0.119. The van der Waals surface area contributed by atoms with Crippen LogP contribution in [0.15, 0.2) is 0 Å². The molecule has 0 spiro atoms. The molecule has 2 fully saturated rings. The van der Waals surface area contributed by atoms with Crippen molar-refractivity contribution in [2.75, 3.05) is 39.8 Å². The molecule has 2 aliphatic rings. The first-order valence-corrected chi connectivity index (χ1v) is 8.15. The average Bonchev–Trinajstić information content (AvgIpc) is 2.48. The Hall–Kier alpha value is -0.545. The third-order valence-electron chi connectivity index (χ3n) is 4.30. The Morgan fingerprint density at radius 1 is 1.25 bits per heavy atom. The molecule has 5 heteroatoms. The molecule has 2 atom stereocenters. The Morgan fingerprint density at radius 3 is 2.50 bits per heavy atom. The summed E-state index contributed by atoms with van der Waals surface area (Å²) in [7, 11) is 4.58. The van der Waals surface area contributed by atoms with Crippen LogP contribution in [-0.4, -0.2) is 68.8 Å². The largest absolute Gasteiger partial charge is 0.356 e. The lowest BCUT2D eigenvalue weighted by atomic mass is 9.58. The monoisotopic (exact) mass is 280 g/mol. The highest BCUT2D eigenvalue weighted by Gasteiger charge is 2.31. The van der Waals surface area contributed by atoms with Gasteiger partial charge in [-0.1, -0.05) is 26.5 Å². The molecule has 2 rings (SSSR count). The summed E-state index contributed by atoms with van der Waals surface area (Å²) in [5.41, 5.74) is 0. The van der Waals surface area contributed by atoms with Crippen molar-refractivity contribution in [3.05, 3.63) is 0 Å². The molecular formula is C15H31BN3O. The highest BCUT2D eigenvalue weighted by molar-refractivity contribution is 6.35. The molecule has 0 aromatic rings. The zero-order chi connectivity index (χ0) is 15.0. The Balaban J connectivity index is 0.000000956. The highest BCUT2D eigenvalue weighted by atomic mass is 16.1. The summed E-state index contributed by atoms with van der Waals surface area (Å²) in [6, 6.07) is 0.663. The maximum Gasteiger partial charge on any atom is 0.216 e. The van der Waals surface area contributed by atoms with Crippen LogP contribution in [0.5, 0.6) is 0 Å². The van der Waals surface area contributed by atoms with Gasteiger partial charge in [-0.25, -0.2) is 0 Å². The van der Waals surface area contributed by atoms with E-state index in [-0.39, 0.29) is 5.91 Å². The molecule has 2 heterocycles. The van der Waals surface area contributed by atoms with Crippen LogP contribution in [0.25, 0.3) is 0 Å². The summed E-state index contributed by atoms with van der Waals surface area (Å²) in [6.07, 6.45) is 3.64. The molecule has 4 nitrogen and oxygen atoms in total. The molecule has 2 saturated heterocycles. The van der Waals surface area contributed by atoms with Gasteiger partial charge in [0.2, 0.25) is 5.91 Å². The van der Waals surface area contributed by atoms with Crippen molar-refractivity contribution in [1.29, 1.82) is 0 Å². The van der Waals surface area contributed by atoms with Gasteiger partial charge in [-0.2, -0.15) is 0 Å². The van der Waals surface area contributed by atoms with Gasteiger partial charge in [-0.15, -0.1) is 0 Å². The van der Waals surface area contributed by atoms with Gasteiger partial charge in [0, 0.05) is 45.7 Å². The lowest BCUT2D eigenvalue weighted by Gasteiger charge is -2.43. The van der Waals surface area contributed by atoms with Gasteiger partial charge in [0.25, 0.3) is 0 Å². The standard InChI is InChI=1S/C13H25BN3O.C2H6/c1-11(18)15-10-12-9-14-4-3-13(12)17-7-5-16(2)6-8-17;1-2/h12-13H,3-10H2,1-2H3,(H,15,18);1-2H3. The Bertz CT molecular complexity index is 280. The number of likely N-dealkylation sites (N-methyl/N-ethyl adjacent to an activating group) is 1. The Morgan fingerprint density at radius 2 is 1.90 bits per heavy atom. The van der Waals surface area contributed by atoms with E-state index in [0.29, 0.717) is 12.0 Å². The third kappa shape index (κ3) is 5.45. The maximum absolute atomic E-state index is 11.1. The summed E-state index contributed by atoms with van der Waals surface area (Å²) < 4.78 is 0. The minimum Gasteiger partial charge on any atom is -0.356 e. The summed E-state index contributed by atoms with van der Waals surface area (Å²) in [5, 5.41) is 3.00. The topological polar surface area (TPSA) is 35.6 Å². The van der Waals surface area contributed by atoms with Crippen LogP contribution >= 0.6 is 0 Å². The number of rotatable bonds is 3. The zero-order valence-corrected chi connectivity index (χ0v) is 13.7. The number of nitrogens with zero attached hydrogens (tertiary/aromatic N) is 2. The highest BCUT2D eigenvalue weighted by Crippen LogP contribution is 2.26. The number of carbonyl (C=O) groups excluding carboxylic acids is 1. The molecule has 0 aliphatic carbocycles. The first-order valence-electron chi connectivity index (χ1n) is 8.15. The molecule has 0 aromatic heterocycles. The van der Waals surface area contributed by atoms with Crippen molar-refractivity contribution in [3.63, 3.8) is 0 Å². The van der Waals surface area contributed by atoms with Crippen molar-refractivity contribution in [2.45, 2.75) is 45.9 Å². The molecule has 2 unspecified atom stereocenters. The molecule has 20 heavy (non-hydrogen) atoms. The summed E-state index contributed by atoms with van der Waals surface area (Å²) in [6.45, 7) is 11.1. The van der Waals surface area contributed by atoms with Crippen LogP contribution in [0, 0.1) is 5.92 Å². The van der Waals surface area contributed by atoms with Gasteiger partial charge in [0.05, 0.1) is 0 Å². The van der Waals surface area contributed by atoms with Gasteiger partial charge >= 0.3 is 0 Å². The van der Waals surface area contributed by atoms with Gasteiger partial charge in [0.1, 0.15) is 7.28 Å². The molecule has 0 saturated carbocycles.